The average molecular weight is 316 g/mol. The summed E-state index contributed by atoms with van der Waals surface area (Å²) in [6.45, 7) is 3.14. The van der Waals surface area contributed by atoms with E-state index in [0.717, 1.165) is 24.7 Å². The fourth-order valence-electron chi connectivity index (χ4n) is 2.47. The van der Waals surface area contributed by atoms with Gasteiger partial charge in [0.1, 0.15) is 18.0 Å². The lowest BCUT2D eigenvalue weighted by Crippen LogP contribution is -2.29. The molecule has 9 nitrogen and oxygen atoms in total. The van der Waals surface area contributed by atoms with Gasteiger partial charge in [-0.15, -0.1) is 5.10 Å². The van der Waals surface area contributed by atoms with E-state index in [-0.39, 0.29) is 5.91 Å². The molecule has 122 valence electrons. The van der Waals surface area contributed by atoms with Gasteiger partial charge in [0.05, 0.1) is 6.20 Å². The maximum Gasteiger partial charge on any atom is 0.273 e. The van der Waals surface area contributed by atoms with Crippen LogP contribution in [0, 0.1) is 0 Å². The number of hydrogen-bond donors (Lipinski definition) is 2. The van der Waals surface area contributed by atoms with Crippen molar-refractivity contribution in [2.24, 2.45) is 7.05 Å². The molecule has 2 N–H and O–H groups in total. The van der Waals surface area contributed by atoms with E-state index >= 15 is 0 Å². The molecule has 0 atom stereocenters. The number of carbonyl (C=O) groups is 1. The van der Waals surface area contributed by atoms with Crippen LogP contribution >= 0.6 is 0 Å². The summed E-state index contributed by atoms with van der Waals surface area (Å²) in [5.41, 5.74) is 0.311. The average Bonchev–Trinajstić information content (AvgIpc) is 3.23. The number of hydrogen-bond acceptors (Lipinski definition) is 7. The van der Waals surface area contributed by atoms with Crippen molar-refractivity contribution in [1.29, 1.82) is 0 Å². The molecule has 0 aromatic carbocycles. The third-order valence-corrected chi connectivity index (χ3v) is 3.63. The van der Waals surface area contributed by atoms with Gasteiger partial charge in [0.2, 0.25) is 0 Å². The topological polar surface area (TPSA) is 101 Å². The lowest BCUT2D eigenvalue weighted by atomic mass is 10.4. The molecule has 0 saturated carbocycles. The predicted molar refractivity (Wildman–Crippen MR) is 85.3 cm³/mol. The molecular formula is C14H20N8O. The van der Waals surface area contributed by atoms with Crippen LogP contribution in [-0.4, -0.2) is 57.0 Å². The van der Waals surface area contributed by atoms with Crippen molar-refractivity contribution in [2.45, 2.75) is 12.8 Å². The van der Waals surface area contributed by atoms with Crippen LogP contribution < -0.4 is 15.5 Å². The minimum absolute atomic E-state index is 0.236. The zero-order chi connectivity index (χ0) is 16.1. The molecule has 1 aliphatic rings. The second-order valence-corrected chi connectivity index (χ2v) is 5.42. The number of nitrogens with one attached hydrogen (secondary N) is 2. The van der Waals surface area contributed by atoms with Gasteiger partial charge in [-0.3, -0.25) is 9.48 Å². The minimum atomic E-state index is -0.236. The monoisotopic (exact) mass is 316 g/mol. The summed E-state index contributed by atoms with van der Waals surface area (Å²) in [6, 6.07) is 1.94. The molecule has 3 heterocycles. The number of amides is 1. The first-order valence-corrected chi connectivity index (χ1v) is 7.68. The van der Waals surface area contributed by atoms with Crippen LogP contribution in [0.1, 0.15) is 23.3 Å². The van der Waals surface area contributed by atoms with Crippen LogP contribution in [0.15, 0.2) is 18.6 Å². The first-order valence-electron chi connectivity index (χ1n) is 7.68. The Bertz CT molecular complexity index is 664. The first kappa shape index (κ1) is 15.2. The summed E-state index contributed by atoms with van der Waals surface area (Å²) in [5.74, 6) is 1.47. The van der Waals surface area contributed by atoms with Crippen molar-refractivity contribution in [2.75, 3.05) is 36.4 Å². The molecule has 2 aromatic heterocycles. The van der Waals surface area contributed by atoms with E-state index in [2.05, 4.69) is 35.8 Å². The van der Waals surface area contributed by atoms with Crippen LogP contribution in [0.4, 0.5) is 11.6 Å². The maximum absolute atomic E-state index is 11.8. The SMILES string of the molecule is Cn1cc(C(=O)NCCNc2cc(N3CCCC3)ncn2)nn1. The molecule has 0 aliphatic carbocycles. The molecule has 0 unspecified atom stereocenters. The molecule has 23 heavy (non-hydrogen) atoms. The molecule has 1 fully saturated rings. The van der Waals surface area contributed by atoms with E-state index < -0.39 is 0 Å². The summed E-state index contributed by atoms with van der Waals surface area (Å²) in [6.07, 6.45) is 5.56. The van der Waals surface area contributed by atoms with Crippen LogP contribution in [0.3, 0.4) is 0 Å². The fourth-order valence-corrected chi connectivity index (χ4v) is 2.47. The molecule has 2 aromatic rings. The molecule has 3 rings (SSSR count). The highest BCUT2D eigenvalue weighted by atomic mass is 16.2. The van der Waals surface area contributed by atoms with Crippen LogP contribution in [0.25, 0.3) is 0 Å². The van der Waals surface area contributed by atoms with Gasteiger partial charge >= 0.3 is 0 Å². The maximum atomic E-state index is 11.8. The molecule has 0 bridgehead atoms. The second kappa shape index (κ2) is 7.03. The van der Waals surface area contributed by atoms with E-state index in [1.54, 1.807) is 19.6 Å². The largest absolute Gasteiger partial charge is 0.368 e. The standard InChI is InChI=1S/C14H20N8O/c1-21-9-11(19-20-21)14(23)16-5-4-15-12-8-13(18-10-17-12)22-6-2-3-7-22/h8-10H,2-7H2,1H3,(H,16,23)(H,15,17,18). The second-order valence-electron chi connectivity index (χ2n) is 5.42. The Morgan fingerprint density at radius 3 is 2.83 bits per heavy atom. The van der Waals surface area contributed by atoms with Crippen molar-refractivity contribution in [3.8, 4) is 0 Å². The quantitative estimate of drug-likeness (QED) is 0.726. The third kappa shape index (κ3) is 3.93. The van der Waals surface area contributed by atoms with Gasteiger partial charge < -0.3 is 15.5 Å². The summed E-state index contributed by atoms with van der Waals surface area (Å²) >= 11 is 0. The smallest absolute Gasteiger partial charge is 0.273 e. The van der Waals surface area contributed by atoms with Gasteiger partial charge in [-0.25, -0.2) is 9.97 Å². The van der Waals surface area contributed by atoms with Gasteiger partial charge in [-0.05, 0) is 12.8 Å². The Hall–Kier alpha value is -2.71. The summed E-state index contributed by atoms with van der Waals surface area (Å²) in [4.78, 5) is 22.6. The Morgan fingerprint density at radius 2 is 2.09 bits per heavy atom. The molecular weight excluding hydrogens is 296 g/mol. The van der Waals surface area contributed by atoms with Crippen molar-refractivity contribution >= 4 is 17.5 Å². The lowest BCUT2D eigenvalue weighted by Gasteiger charge is -2.16. The van der Waals surface area contributed by atoms with E-state index in [4.69, 9.17) is 0 Å². The summed E-state index contributed by atoms with van der Waals surface area (Å²) in [7, 11) is 1.72. The van der Waals surface area contributed by atoms with E-state index in [9.17, 15) is 4.79 Å². The van der Waals surface area contributed by atoms with Gasteiger partial charge in [0.15, 0.2) is 5.69 Å². The molecule has 0 radical (unpaired) electrons. The fraction of sp³-hybridized carbons (Fsp3) is 0.500. The van der Waals surface area contributed by atoms with E-state index in [0.29, 0.717) is 18.8 Å². The van der Waals surface area contributed by atoms with Crippen LogP contribution in [0.5, 0.6) is 0 Å². The number of nitrogens with zero attached hydrogens (tertiary/aromatic N) is 6. The molecule has 0 spiro atoms. The van der Waals surface area contributed by atoms with Crippen LogP contribution in [0.2, 0.25) is 0 Å². The van der Waals surface area contributed by atoms with E-state index in [1.807, 2.05) is 6.07 Å². The minimum Gasteiger partial charge on any atom is -0.368 e. The summed E-state index contributed by atoms with van der Waals surface area (Å²) < 4.78 is 1.49. The van der Waals surface area contributed by atoms with Gasteiger partial charge in [0.25, 0.3) is 5.91 Å². The first-order chi connectivity index (χ1) is 11.2. The zero-order valence-electron chi connectivity index (χ0n) is 13.1. The lowest BCUT2D eigenvalue weighted by molar-refractivity contribution is 0.0950. The van der Waals surface area contributed by atoms with E-state index in [1.165, 1.54) is 17.5 Å². The Balaban J connectivity index is 1.45. The van der Waals surface area contributed by atoms with Crippen molar-refractivity contribution < 1.29 is 4.79 Å². The van der Waals surface area contributed by atoms with Gasteiger partial charge in [-0.2, -0.15) is 0 Å². The van der Waals surface area contributed by atoms with Crippen molar-refractivity contribution in [3.63, 3.8) is 0 Å². The highest BCUT2D eigenvalue weighted by Crippen LogP contribution is 2.18. The number of carbonyl (C=O) groups excluding carboxylic acids is 1. The summed E-state index contributed by atoms with van der Waals surface area (Å²) in [5, 5.41) is 13.5. The number of aryl methyl sites for hydroxylation is 1. The van der Waals surface area contributed by atoms with Gasteiger partial charge in [0, 0.05) is 39.3 Å². The normalized spacial score (nSPS) is 14.0. The van der Waals surface area contributed by atoms with Crippen molar-refractivity contribution in [3.05, 3.63) is 24.3 Å². The Kier molecular flexibility index (Phi) is 4.65. The number of aromatic nitrogens is 5. The Morgan fingerprint density at radius 1 is 1.26 bits per heavy atom. The zero-order valence-corrected chi connectivity index (χ0v) is 13.1. The molecule has 1 aliphatic heterocycles. The predicted octanol–water partition coefficient (Wildman–Crippen LogP) is 0.0472. The third-order valence-electron chi connectivity index (χ3n) is 3.63. The number of rotatable bonds is 6. The highest BCUT2D eigenvalue weighted by molar-refractivity contribution is 5.91. The molecule has 1 amide bonds. The molecule has 1 saturated heterocycles. The highest BCUT2D eigenvalue weighted by Gasteiger charge is 2.14. The van der Waals surface area contributed by atoms with Gasteiger partial charge in [-0.1, -0.05) is 5.21 Å². The van der Waals surface area contributed by atoms with Crippen molar-refractivity contribution in [1.82, 2.24) is 30.3 Å². The molecule has 9 heteroatoms. The Labute approximate surface area is 134 Å². The number of anilines is 2. The van der Waals surface area contributed by atoms with Crippen LogP contribution in [-0.2, 0) is 7.05 Å².